The number of likely N-dealkylation sites (N-methyl/N-ethyl adjacent to an activating group) is 1. The predicted octanol–water partition coefficient (Wildman–Crippen LogP) is 4.13. The molecule has 9 atom stereocenters. The van der Waals surface area contributed by atoms with Gasteiger partial charge >= 0.3 is 0 Å². The number of hydroxylamine groups is 2. The van der Waals surface area contributed by atoms with Gasteiger partial charge in [-0.2, -0.15) is 15.7 Å². The van der Waals surface area contributed by atoms with E-state index in [1.54, 1.807) is 31.2 Å². The third-order valence-electron chi connectivity index (χ3n) is 12.1. The molecule has 6 rings (SSSR count). The lowest BCUT2D eigenvalue weighted by molar-refractivity contribution is -0.183. The van der Waals surface area contributed by atoms with Crippen molar-refractivity contribution in [3.63, 3.8) is 0 Å². The van der Waals surface area contributed by atoms with Crippen molar-refractivity contribution in [2.75, 3.05) is 65.4 Å². The van der Waals surface area contributed by atoms with Crippen molar-refractivity contribution in [1.29, 1.82) is 0 Å². The highest BCUT2D eigenvalue weighted by Crippen LogP contribution is 2.61. The number of nitrogens with zero attached hydrogens (tertiary/aromatic N) is 3. The number of nitrogens with one attached hydrogen (secondary N) is 2. The van der Waals surface area contributed by atoms with Crippen LogP contribution in [0.1, 0.15) is 56.5 Å². The van der Waals surface area contributed by atoms with Gasteiger partial charge in [-0.3, -0.25) is 23.5 Å². The molecule has 2 aromatic rings. The Morgan fingerprint density at radius 1 is 1.13 bits per heavy atom. The van der Waals surface area contributed by atoms with Crippen LogP contribution in [-0.4, -0.2) is 132 Å². The third kappa shape index (κ3) is 9.02. The van der Waals surface area contributed by atoms with Crippen LogP contribution in [0.3, 0.4) is 0 Å². The summed E-state index contributed by atoms with van der Waals surface area (Å²) >= 11 is 0. The lowest BCUT2D eigenvalue weighted by atomic mass is 9.45. The first-order valence-electron chi connectivity index (χ1n) is 18.9. The monoisotopic (exact) mass is 773 g/mol. The molecule has 4 aliphatic rings. The Kier molecular flexibility index (Phi) is 13.0. The molecule has 2 bridgehead atoms. The number of ether oxygens (including phenoxy) is 1. The molecule has 54 heavy (non-hydrogen) atoms. The Balaban J connectivity index is 1.45. The number of carbonyl (C=O) groups is 2. The molecule has 1 aliphatic heterocycles. The molecule has 6 N–H and O–H groups in total. The van der Waals surface area contributed by atoms with Gasteiger partial charge in [0.05, 0.1) is 38.2 Å². The molecule has 14 heteroatoms. The molecular weight excluding hydrogens is 711 g/mol. The standard InChI is InChI=1S/C40H63N5O8S/c1-23-32-17-28(40(32,3)4)18-33(23)42-39(49)36-35(24(2)47)34(21-46)53-45(36)19-25-12-11-13-31(37(25)52-9)26-14-27(16-30(15-26)44(7)8)38(48)41-29(20-43(5)6)22-54(10,50)51/h11-16,23-24,28-29,32-36,46-47,50-51H,17-22H2,1-10H3,(H,41,48)(H,42,49)/t23-,24-,28+,29+,32-,33-,34-,35+,36-/m0/s1. The van der Waals surface area contributed by atoms with Crippen LogP contribution in [-0.2, 0) is 16.2 Å². The number of benzene rings is 2. The summed E-state index contributed by atoms with van der Waals surface area (Å²) in [6.07, 6.45) is 1.77. The first-order chi connectivity index (χ1) is 25.2. The highest BCUT2D eigenvalue weighted by Gasteiger charge is 2.57. The summed E-state index contributed by atoms with van der Waals surface area (Å²) < 4.78 is 26.4. The van der Waals surface area contributed by atoms with Gasteiger partial charge < -0.3 is 35.4 Å². The molecule has 3 saturated carbocycles. The van der Waals surface area contributed by atoms with Crippen molar-refractivity contribution in [1.82, 2.24) is 20.6 Å². The Bertz CT molecular complexity index is 1650. The average Bonchev–Trinajstić information content (AvgIpc) is 3.46. The van der Waals surface area contributed by atoms with Crippen molar-refractivity contribution in [2.24, 2.45) is 29.1 Å². The van der Waals surface area contributed by atoms with Crippen LogP contribution in [0.15, 0.2) is 36.4 Å². The van der Waals surface area contributed by atoms with Crippen LogP contribution in [0.2, 0.25) is 0 Å². The maximum atomic E-state index is 14.2. The summed E-state index contributed by atoms with van der Waals surface area (Å²) in [5.41, 5.74) is 3.58. The van der Waals surface area contributed by atoms with Gasteiger partial charge in [0.2, 0.25) is 5.91 Å². The molecule has 1 heterocycles. The number of methoxy groups -OCH3 is 1. The third-order valence-corrected chi connectivity index (χ3v) is 13.2. The number of aliphatic hydroxyl groups excluding tert-OH is 2. The number of fused-ring (bicyclic) bond motifs is 2. The van der Waals surface area contributed by atoms with Crippen LogP contribution in [0.25, 0.3) is 11.1 Å². The van der Waals surface area contributed by atoms with E-state index in [2.05, 4.69) is 31.4 Å². The average molecular weight is 774 g/mol. The number of hydrogen-bond donors (Lipinski definition) is 6. The minimum atomic E-state index is -2.86. The van der Waals surface area contributed by atoms with Gasteiger partial charge in [0.25, 0.3) is 5.91 Å². The molecule has 1 saturated heterocycles. The second-order valence-electron chi connectivity index (χ2n) is 17.0. The SMILES string of the molecule is COc1c(CN2O[C@@H](CO)[C@@H]([C@H](C)O)[C@H]2C(=O)N[C@H]2C[C@H]3C[C@@H]([C@@H]2C)C3(C)C)cccc1-c1cc(C(=O)N[C@H](CN(C)C)CS(C)(O)O)cc(N(C)C)c1. The zero-order chi connectivity index (χ0) is 39.9. The fourth-order valence-corrected chi connectivity index (χ4v) is 10.2. The Hall–Kier alpha value is -2.95. The highest BCUT2D eigenvalue weighted by atomic mass is 32.3. The Morgan fingerprint density at radius 2 is 1.83 bits per heavy atom. The second kappa shape index (κ2) is 16.6. The van der Waals surface area contributed by atoms with Crippen molar-refractivity contribution in [2.45, 2.75) is 77.4 Å². The molecule has 13 nitrogen and oxygen atoms in total. The summed E-state index contributed by atoms with van der Waals surface area (Å²) in [5.74, 6) is 0.714. The second-order valence-corrected chi connectivity index (χ2v) is 19.3. The van der Waals surface area contributed by atoms with E-state index in [-0.39, 0.29) is 42.2 Å². The zero-order valence-corrected chi connectivity index (χ0v) is 34.4. The molecular formula is C40H63N5O8S. The number of amides is 2. The fourth-order valence-electron chi connectivity index (χ4n) is 9.22. The van der Waals surface area contributed by atoms with Crippen molar-refractivity contribution >= 4 is 28.1 Å². The molecule has 0 unspecified atom stereocenters. The molecule has 0 aromatic heterocycles. The summed E-state index contributed by atoms with van der Waals surface area (Å²) in [7, 11) is 6.21. The van der Waals surface area contributed by atoms with Crippen molar-refractivity contribution < 1.29 is 38.5 Å². The van der Waals surface area contributed by atoms with E-state index >= 15 is 0 Å². The van der Waals surface area contributed by atoms with Gasteiger partial charge in [0, 0.05) is 61.2 Å². The van der Waals surface area contributed by atoms with Gasteiger partial charge in [-0.1, -0.05) is 39.0 Å². The van der Waals surface area contributed by atoms with Gasteiger partial charge in [0.15, 0.2) is 0 Å². The topological polar surface area (TPSA) is 167 Å². The van der Waals surface area contributed by atoms with Crippen molar-refractivity contribution in [3.05, 3.63) is 47.5 Å². The van der Waals surface area contributed by atoms with Gasteiger partial charge in [-0.05, 0) is 80.8 Å². The number of hydrogen-bond acceptors (Lipinski definition) is 11. The number of rotatable bonds is 15. The van der Waals surface area contributed by atoms with E-state index in [0.29, 0.717) is 52.3 Å². The van der Waals surface area contributed by atoms with Crippen molar-refractivity contribution in [3.8, 4) is 16.9 Å². The quantitative estimate of drug-likeness (QED) is 0.154. The zero-order valence-electron chi connectivity index (χ0n) is 33.6. The minimum Gasteiger partial charge on any atom is -0.496 e. The van der Waals surface area contributed by atoms with Gasteiger partial charge in [0.1, 0.15) is 17.9 Å². The summed E-state index contributed by atoms with van der Waals surface area (Å²) in [5, 5.41) is 29.2. The van der Waals surface area contributed by atoms with E-state index in [0.717, 1.165) is 12.1 Å². The number of aliphatic hydroxyl groups is 2. The Labute approximate surface area is 322 Å². The van der Waals surface area contributed by atoms with E-state index in [1.165, 1.54) is 12.7 Å². The maximum absolute atomic E-state index is 14.2. The molecule has 0 radical (unpaired) electrons. The summed E-state index contributed by atoms with van der Waals surface area (Å²) in [6, 6.07) is 9.87. The lowest BCUT2D eigenvalue weighted by Crippen LogP contribution is -2.62. The summed E-state index contributed by atoms with van der Waals surface area (Å²) in [4.78, 5) is 38.1. The predicted molar refractivity (Wildman–Crippen MR) is 214 cm³/mol. The number of anilines is 1. The maximum Gasteiger partial charge on any atom is 0.251 e. The van der Waals surface area contributed by atoms with Crippen LogP contribution in [0.4, 0.5) is 5.69 Å². The highest BCUT2D eigenvalue weighted by molar-refractivity contribution is 8.23. The van der Waals surface area contributed by atoms with Gasteiger partial charge in [-0.25, -0.2) is 0 Å². The molecule has 302 valence electrons. The molecule has 3 aliphatic carbocycles. The smallest absolute Gasteiger partial charge is 0.251 e. The number of carbonyl (C=O) groups excluding carboxylic acids is 2. The van der Waals surface area contributed by atoms with E-state index in [9.17, 15) is 28.9 Å². The normalized spacial score (nSPS) is 27.9. The lowest BCUT2D eigenvalue weighted by Gasteiger charge is -2.62. The van der Waals surface area contributed by atoms with Gasteiger partial charge in [-0.15, -0.1) is 0 Å². The van der Waals surface area contributed by atoms with Crippen LogP contribution >= 0.6 is 10.6 Å². The van der Waals surface area contributed by atoms with Crippen LogP contribution < -0.4 is 20.3 Å². The number of para-hydroxylation sites is 1. The van der Waals surface area contributed by atoms with E-state index in [1.807, 2.05) is 62.3 Å². The minimum absolute atomic E-state index is 0.0170. The molecule has 2 amide bonds. The molecule has 4 fully saturated rings. The molecule has 2 aromatic carbocycles. The Morgan fingerprint density at radius 3 is 2.39 bits per heavy atom. The summed E-state index contributed by atoms with van der Waals surface area (Å²) in [6.45, 7) is 8.69. The van der Waals surface area contributed by atoms with E-state index in [4.69, 9.17) is 9.57 Å². The first-order valence-corrected chi connectivity index (χ1v) is 21.1. The molecule has 0 spiro atoms. The first kappa shape index (κ1) is 42.2. The van der Waals surface area contributed by atoms with Crippen LogP contribution in [0.5, 0.6) is 5.75 Å². The fraction of sp³-hybridized carbons (Fsp3) is 0.650. The van der Waals surface area contributed by atoms with Crippen LogP contribution in [0, 0.1) is 29.1 Å². The largest absolute Gasteiger partial charge is 0.496 e. The van der Waals surface area contributed by atoms with E-state index < -0.39 is 40.8 Å².